The van der Waals surface area contributed by atoms with E-state index in [0.29, 0.717) is 16.9 Å². The Morgan fingerprint density at radius 2 is 1.78 bits per heavy atom. The van der Waals surface area contributed by atoms with Crippen molar-refractivity contribution in [3.8, 4) is 6.07 Å². The maximum Gasteiger partial charge on any atom is 0.339 e. The molecule has 1 aliphatic heterocycles. The van der Waals surface area contributed by atoms with Crippen LogP contribution in [0.5, 0.6) is 0 Å². The molecule has 0 radical (unpaired) electrons. The molecule has 0 spiro atoms. The third-order valence-electron chi connectivity index (χ3n) is 4.37. The molecule has 0 aliphatic carbocycles. The first-order valence-corrected chi connectivity index (χ1v) is 9.81. The van der Waals surface area contributed by atoms with Gasteiger partial charge in [-0.3, -0.25) is 4.79 Å². The molecule has 2 aromatic carbocycles. The number of carbonyl (C=O) groups is 2. The largest absolute Gasteiger partial charge is 0.452 e. The highest BCUT2D eigenvalue weighted by atomic mass is 32.2. The quantitative estimate of drug-likeness (QED) is 0.565. The molecular formula is C21H20N2O3S. The van der Waals surface area contributed by atoms with E-state index in [2.05, 4.69) is 6.07 Å². The van der Waals surface area contributed by atoms with E-state index in [1.165, 1.54) is 11.8 Å². The van der Waals surface area contributed by atoms with Crippen molar-refractivity contribution in [3.05, 3.63) is 65.2 Å². The van der Waals surface area contributed by atoms with Crippen LogP contribution in [0.15, 0.2) is 53.4 Å². The Bertz CT molecular complexity index is 852. The molecule has 2 aromatic rings. The molecule has 0 saturated carbocycles. The molecule has 1 amide bonds. The topological polar surface area (TPSA) is 70.4 Å². The number of hydrogen-bond donors (Lipinski definition) is 0. The van der Waals surface area contributed by atoms with Crippen molar-refractivity contribution in [3.63, 3.8) is 0 Å². The molecule has 3 rings (SSSR count). The van der Waals surface area contributed by atoms with E-state index in [-0.39, 0.29) is 12.5 Å². The van der Waals surface area contributed by atoms with Gasteiger partial charge in [0.05, 0.1) is 17.2 Å². The van der Waals surface area contributed by atoms with Crippen LogP contribution in [-0.4, -0.2) is 36.5 Å². The van der Waals surface area contributed by atoms with Crippen LogP contribution in [-0.2, 0) is 15.3 Å². The summed E-state index contributed by atoms with van der Waals surface area (Å²) >= 11 is 1.52. The monoisotopic (exact) mass is 380 g/mol. The number of carbonyl (C=O) groups excluding carboxylic acids is 2. The van der Waals surface area contributed by atoms with Gasteiger partial charge in [-0.1, -0.05) is 24.3 Å². The molecule has 138 valence electrons. The maximum atomic E-state index is 12.4. The summed E-state index contributed by atoms with van der Waals surface area (Å²) < 4.78 is 5.25. The number of esters is 1. The van der Waals surface area contributed by atoms with Crippen molar-refractivity contribution in [1.82, 2.24) is 4.90 Å². The Balaban J connectivity index is 1.59. The first-order valence-electron chi connectivity index (χ1n) is 8.83. The molecule has 1 fully saturated rings. The van der Waals surface area contributed by atoms with Crippen LogP contribution < -0.4 is 0 Å². The first-order chi connectivity index (χ1) is 13.2. The number of likely N-dealkylation sites (tertiary alicyclic amines) is 1. The van der Waals surface area contributed by atoms with E-state index in [9.17, 15) is 9.59 Å². The number of nitriles is 1. The lowest BCUT2D eigenvalue weighted by molar-refractivity contribution is -0.133. The number of amides is 1. The van der Waals surface area contributed by atoms with Crippen LogP contribution in [0.3, 0.4) is 0 Å². The van der Waals surface area contributed by atoms with Crippen LogP contribution >= 0.6 is 11.8 Å². The molecule has 5 nitrogen and oxygen atoms in total. The fourth-order valence-corrected chi connectivity index (χ4v) is 3.86. The molecule has 0 atom stereocenters. The number of ether oxygens (including phenoxy) is 1. The van der Waals surface area contributed by atoms with Crippen LogP contribution in [0.1, 0.15) is 34.3 Å². The van der Waals surface area contributed by atoms with Crippen LogP contribution in [0.2, 0.25) is 0 Å². The summed E-state index contributed by atoms with van der Waals surface area (Å²) in [4.78, 5) is 27.0. The first kappa shape index (κ1) is 19.0. The van der Waals surface area contributed by atoms with Crippen LogP contribution in [0.25, 0.3) is 0 Å². The van der Waals surface area contributed by atoms with E-state index >= 15 is 0 Å². The molecule has 0 unspecified atom stereocenters. The highest BCUT2D eigenvalue weighted by molar-refractivity contribution is 7.98. The van der Waals surface area contributed by atoms with E-state index in [0.717, 1.165) is 36.4 Å². The average molecular weight is 380 g/mol. The van der Waals surface area contributed by atoms with E-state index < -0.39 is 5.97 Å². The van der Waals surface area contributed by atoms with Crippen LogP contribution in [0, 0.1) is 11.3 Å². The average Bonchev–Trinajstić information content (AvgIpc) is 3.26. The van der Waals surface area contributed by atoms with Gasteiger partial charge in [-0.15, -0.1) is 11.8 Å². The number of nitrogens with zero attached hydrogens (tertiary/aromatic N) is 2. The third kappa shape index (κ3) is 5.11. The summed E-state index contributed by atoms with van der Waals surface area (Å²) in [5.74, 6) is 0.0527. The Kier molecular flexibility index (Phi) is 6.50. The molecule has 0 N–H and O–H groups in total. The van der Waals surface area contributed by atoms with Crippen molar-refractivity contribution in [2.75, 3.05) is 19.7 Å². The van der Waals surface area contributed by atoms with Gasteiger partial charge in [-0.25, -0.2) is 4.79 Å². The second-order valence-electron chi connectivity index (χ2n) is 6.26. The van der Waals surface area contributed by atoms with Crippen molar-refractivity contribution in [1.29, 1.82) is 5.26 Å². The maximum absolute atomic E-state index is 12.4. The normalized spacial score (nSPS) is 13.2. The highest BCUT2D eigenvalue weighted by Crippen LogP contribution is 2.27. The van der Waals surface area contributed by atoms with Gasteiger partial charge in [0.25, 0.3) is 5.91 Å². The smallest absolute Gasteiger partial charge is 0.339 e. The zero-order valence-electron chi connectivity index (χ0n) is 14.9. The molecule has 27 heavy (non-hydrogen) atoms. The minimum atomic E-state index is -0.481. The molecule has 1 aliphatic rings. The summed E-state index contributed by atoms with van der Waals surface area (Å²) in [6.07, 6.45) is 2.02. The van der Waals surface area contributed by atoms with Gasteiger partial charge >= 0.3 is 5.97 Å². The lowest BCUT2D eigenvalue weighted by Gasteiger charge is -2.15. The Morgan fingerprint density at radius 3 is 2.48 bits per heavy atom. The molecule has 0 aromatic heterocycles. The predicted octanol–water partition coefficient (Wildman–Crippen LogP) is 3.63. The molecule has 1 heterocycles. The lowest BCUT2D eigenvalue weighted by atomic mass is 10.2. The molecular weight excluding hydrogens is 360 g/mol. The highest BCUT2D eigenvalue weighted by Gasteiger charge is 2.20. The van der Waals surface area contributed by atoms with Gasteiger partial charge in [0, 0.05) is 23.7 Å². The van der Waals surface area contributed by atoms with Crippen molar-refractivity contribution >= 4 is 23.6 Å². The van der Waals surface area contributed by atoms with E-state index in [4.69, 9.17) is 10.00 Å². The summed E-state index contributed by atoms with van der Waals surface area (Å²) in [6, 6.07) is 16.7. The van der Waals surface area contributed by atoms with Crippen molar-refractivity contribution < 1.29 is 14.3 Å². The molecule has 6 heteroatoms. The number of thioether (sulfide) groups is 1. The Morgan fingerprint density at radius 1 is 1.07 bits per heavy atom. The van der Waals surface area contributed by atoms with Crippen molar-refractivity contribution in [2.24, 2.45) is 0 Å². The number of benzene rings is 2. The second kappa shape index (κ2) is 9.24. The van der Waals surface area contributed by atoms with Crippen molar-refractivity contribution in [2.45, 2.75) is 23.5 Å². The van der Waals surface area contributed by atoms with Crippen LogP contribution in [0.4, 0.5) is 0 Å². The predicted molar refractivity (Wildman–Crippen MR) is 103 cm³/mol. The van der Waals surface area contributed by atoms with Gasteiger partial charge in [0.15, 0.2) is 6.61 Å². The van der Waals surface area contributed by atoms with Gasteiger partial charge in [0.2, 0.25) is 0 Å². The van der Waals surface area contributed by atoms with Gasteiger partial charge < -0.3 is 9.64 Å². The SMILES string of the molecule is N#Cc1ccc(CSc2ccccc2C(=O)OCC(=O)N2CCCC2)cc1. The summed E-state index contributed by atoms with van der Waals surface area (Å²) in [5.41, 5.74) is 2.15. The summed E-state index contributed by atoms with van der Waals surface area (Å²) in [7, 11) is 0. The van der Waals surface area contributed by atoms with Gasteiger partial charge in [-0.05, 0) is 42.7 Å². The zero-order chi connectivity index (χ0) is 19.1. The van der Waals surface area contributed by atoms with Gasteiger partial charge in [0.1, 0.15) is 0 Å². The third-order valence-corrected chi connectivity index (χ3v) is 5.51. The molecule has 1 saturated heterocycles. The zero-order valence-corrected chi connectivity index (χ0v) is 15.7. The minimum Gasteiger partial charge on any atom is -0.452 e. The van der Waals surface area contributed by atoms with E-state index in [1.807, 2.05) is 24.3 Å². The fraction of sp³-hybridized carbons (Fsp3) is 0.286. The summed E-state index contributed by atoms with van der Waals surface area (Å²) in [5, 5.41) is 8.86. The van der Waals surface area contributed by atoms with E-state index in [1.54, 1.807) is 29.2 Å². The molecule has 0 bridgehead atoms. The Labute approximate surface area is 162 Å². The number of rotatable bonds is 6. The van der Waals surface area contributed by atoms with Gasteiger partial charge in [-0.2, -0.15) is 5.26 Å². The Hall–Kier alpha value is -2.78. The number of hydrogen-bond acceptors (Lipinski definition) is 5. The lowest BCUT2D eigenvalue weighted by Crippen LogP contribution is -2.32. The minimum absolute atomic E-state index is 0.136. The fourth-order valence-electron chi connectivity index (χ4n) is 2.86. The standard InChI is InChI=1S/C21H20N2O3S/c22-13-16-7-9-17(10-8-16)15-27-19-6-2-1-5-18(19)21(25)26-14-20(24)23-11-3-4-12-23/h1-2,5-10H,3-4,11-12,14-15H2. The second-order valence-corrected chi connectivity index (χ2v) is 7.27. The summed E-state index contributed by atoms with van der Waals surface area (Å²) in [6.45, 7) is 1.27.